The standard InChI is InChI=1S/C12H18O4/c1-3-7-10(4-2)16-12(15)9-6-5-8-11(13)14/h5-6,8-10H,3-4,7H2,1-2H3,(H,13,14). The fraction of sp³-hybridized carbons (Fsp3) is 0.500. The molecule has 1 N–H and O–H groups in total. The number of allylic oxidation sites excluding steroid dienone is 2. The number of carboxylic acid groups (broad SMARTS) is 1. The van der Waals surface area contributed by atoms with E-state index in [0.717, 1.165) is 25.3 Å². The van der Waals surface area contributed by atoms with Crippen LogP contribution in [0.15, 0.2) is 24.3 Å². The molecule has 0 saturated heterocycles. The number of esters is 1. The summed E-state index contributed by atoms with van der Waals surface area (Å²) in [5.41, 5.74) is 0. The summed E-state index contributed by atoms with van der Waals surface area (Å²) < 4.78 is 5.14. The number of carbonyl (C=O) groups is 2. The van der Waals surface area contributed by atoms with Crippen molar-refractivity contribution in [1.29, 1.82) is 0 Å². The molecular weight excluding hydrogens is 208 g/mol. The Hall–Kier alpha value is -1.58. The Kier molecular flexibility index (Phi) is 7.85. The van der Waals surface area contributed by atoms with Crippen molar-refractivity contribution in [3.8, 4) is 0 Å². The zero-order valence-electron chi connectivity index (χ0n) is 9.68. The molecule has 0 aliphatic rings. The molecule has 0 aliphatic carbocycles. The van der Waals surface area contributed by atoms with E-state index in [0.29, 0.717) is 0 Å². The van der Waals surface area contributed by atoms with Crippen LogP contribution in [0.2, 0.25) is 0 Å². The molecule has 0 radical (unpaired) electrons. The molecule has 1 atom stereocenters. The number of hydrogen-bond acceptors (Lipinski definition) is 3. The molecule has 0 aromatic rings. The minimum absolute atomic E-state index is 0.0504. The Bertz CT molecular complexity index is 279. The average molecular weight is 226 g/mol. The molecule has 0 amide bonds. The van der Waals surface area contributed by atoms with Crippen molar-refractivity contribution in [3.05, 3.63) is 24.3 Å². The summed E-state index contributed by atoms with van der Waals surface area (Å²) in [6.45, 7) is 3.99. The van der Waals surface area contributed by atoms with Gasteiger partial charge in [-0.2, -0.15) is 0 Å². The Morgan fingerprint density at radius 3 is 2.38 bits per heavy atom. The molecule has 0 fully saturated rings. The lowest BCUT2D eigenvalue weighted by molar-refractivity contribution is -0.143. The fourth-order valence-electron chi connectivity index (χ4n) is 1.14. The van der Waals surface area contributed by atoms with E-state index in [1.807, 2.05) is 13.8 Å². The van der Waals surface area contributed by atoms with Crippen molar-refractivity contribution in [2.24, 2.45) is 0 Å². The molecule has 4 nitrogen and oxygen atoms in total. The van der Waals surface area contributed by atoms with Gasteiger partial charge in [0.25, 0.3) is 0 Å². The normalized spacial score (nSPS) is 13.1. The Balaban J connectivity index is 4.01. The third-order valence-electron chi connectivity index (χ3n) is 1.93. The zero-order chi connectivity index (χ0) is 12.4. The minimum Gasteiger partial charge on any atom is -0.478 e. The lowest BCUT2D eigenvalue weighted by atomic mass is 10.2. The molecule has 1 unspecified atom stereocenters. The summed E-state index contributed by atoms with van der Waals surface area (Å²) in [7, 11) is 0. The Morgan fingerprint density at radius 2 is 1.88 bits per heavy atom. The Morgan fingerprint density at radius 1 is 1.25 bits per heavy atom. The van der Waals surface area contributed by atoms with Crippen molar-refractivity contribution < 1.29 is 19.4 Å². The van der Waals surface area contributed by atoms with E-state index in [-0.39, 0.29) is 6.10 Å². The van der Waals surface area contributed by atoms with Crippen molar-refractivity contribution in [2.45, 2.75) is 39.2 Å². The summed E-state index contributed by atoms with van der Waals surface area (Å²) in [6, 6.07) is 0. The van der Waals surface area contributed by atoms with Crippen LogP contribution in [-0.2, 0) is 14.3 Å². The van der Waals surface area contributed by atoms with Crippen molar-refractivity contribution in [1.82, 2.24) is 0 Å². The van der Waals surface area contributed by atoms with E-state index in [4.69, 9.17) is 9.84 Å². The minimum atomic E-state index is -1.05. The molecule has 0 heterocycles. The SMILES string of the molecule is CCCC(CC)OC(=O)C=CC=CC(=O)O. The first-order chi connectivity index (χ1) is 7.60. The van der Waals surface area contributed by atoms with Gasteiger partial charge in [-0.1, -0.05) is 32.4 Å². The second-order valence-corrected chi connectivity index (χ2v) is 3.31. The van der Waals surface area contributed by atoms with Gasteiger partial charge in [0.1, 0.15) is 6.10 Å². The number of aliphatic carboxylic acids is 1. The first kappa shape index (κ1) is 14.4. The van der Waals surface area contributed by atoms with Crippen LogP contribution in [-0.4, -0.2) is 23.1 Å². The number of ether oxygens (including phenoxy) is 1. The highest BCUT2D eigenvalue weighted by atomic mass is 16.5. The highest BCUT2D eigenvalue weighted by Crippen LogP contribution is 2.06. The van der Waals surface area contributed by atoms with Crippen LogP contribution in [0.5, 0.6) is 0 Å². The maximum atomic E-state index is 11.2. The smallest absolute Gasteiger partial charge is 0.331 e. The maximum absolute atomic E-state index is 11.2. The van der Waals surface area contributed by atoms with Crippen molar-refractivity contribution in [2.75, 3.05) is 0 Å². The summed E-state index contributed by atoms with van der Waals surface area (Å²) in [5, 5.41) is 8.30. The molecule has 0 rings (SSSR count). The van der Waals surface area contributed by atoms with Crippen LogP contribution in [0.1, 0.15) is 33.1 Å². The van der Waals surface area contributed by atoms with E-state index in [9.17, 15) is 9.59 Å². The van der Waals surface area contributed by atoms with E-state index >= 15 is 0 Å². The molecule has 4 heteroatoms. The lowest BCUT2D eigenvalue weighted by Crippen LogP contribution is -2.15. The second kappa shape index (κ2) is 8.71. The topological polar surface area (TPSA) is 63.6 Å². The van der Waals surface area contributed by atoms with Gasteiger partial charge >= 0.3 is 11.9 Å². The molecule has 0 aromatic carbocycles. The van der Waals surface area contributed by atoms with Gasteiger partial charge in [-0.05, 0) is 12.8 Å². The number of carboxylic acids is 1. The largest absolute Gasteiger partial charge is 0.478 e. The number of hydrogen-bond donors (Lipinski definition) is 1. The first-order valence-corrected chi connectivity index (χ1v) is 5.38. The second-order valence-electron chi connectivity index (χ2n) is 3.31. The fourth-order valence-corrected chi connectivity index (χ4v) is 1.14. The third kappa shape index (κ3) is 7.79. The van der Waals surface area contributed by atoms with Gasteiger partial charge in [-0.3, -0.25) is 0 Å². The first-order valence-electron chi connectivity index (χ1n) is 5.38. The van der Waals surface area contributed by atoms with E-state index in [1.54, 1.807) is 0 Å². The summed E-state index contributed by atoms with van der Waals surface area (Å²) in [5.74, 6) is -1.48. The van der Waals surface area contributed by atoms with Crippen LogP contribution in [0.25, 0.3) is 0 Å². The van der Waals surface area contributed by atoms with Gasteiger partial charge in [0.15, 0.2) is 0 Å². The van der Waals surface area contributed by atoms with Gasteiger partial charge in [0.05, 0.1) is 0 Å². The molecule has 90 valence electrons. The van der Waals surface area contributed by atoms with E-state index in [2.05, 4.69) is 0 Å². The highest BCUT2D eigenvalue weighted by Gasteiger charge is 2.08. The van der Waals surface area contributed by atoms with Crippen LogP contribution < -0.4 is 0 Å². The van der Waals surface area contributed by atoms with Crippen LogP contribution in [0.4, 0.5) is 0 Å². The predicted molar refractivity (Wildman–Crippen MR) is 61.0 cm³/mol. The summed E-state index contributed by atoms with van der Waals surface area (Å²) in [4.78, 5) is 21.4. The molecule has 0 saturated carbocycles. The molecular formula is C12H18O4. The molecule has 0 aromatic heterocycles. The summed E-state index contributed by atoms with van der Waals surface area (Å²) >= 11 is 0. The van der Waals surface area contributed by atoms with Gasteiger partial charge < -0.3 is 9.84 Å². The van der Waals surface area contributed by atoms with Gasteiger partial charge in [-0.15, -0.1) is 0 Å². The average Bonchev–Trinajstić information content (AvgIpc) is 2.23. The lowest BCUT2D eigenvalue weighted by Gasteiger charge is -2.13. The maximum Gasteiger partial charge on any atom is 0.331 e. The summed E-state index contributed by atoms with van der Waals surface area (Å²) in [6.07, 6.45) is 7.36. The van der Waals surface area contributed by atoms with Gasteiger partial charge in [-0.25, -0.2) is 9.59 Å². The zero-order valence-corrected chi connectivity index (χ0v) is 9.68. The van der Waals surface area contributed by atoms with Gasteiger partial charge in [0.2, 0.25) is 0 Å². The third-order valence-corrected chi connectivity index (χ3v) is 1.93. The van der Waals surface area contributed by atoms with E-state index < -0.39 is 11.9 Å². The van der Waals surface area contributed by atoms with Gasteiger partial charge in [0, 0.05) is 12.2 Å². The van der Waals surface area contributed by atoms with Crippen LogP contribution in [0.3, 0.4) is 0 Å². The predicted octanol–water partition coefficient (Wildman–Crippen LogP) is 2.31. The van der Waals surface area contributed by atoms with Crippen LogP contribution in [0, 0.1) is 0 Å². The van der Waals surface area contributed by atoms with Crippen molar-refractivity contribution in [3.63, 3.8) is 0 Å². The molecule has 0 spiro atoms. The van der Waals surface area contributed by atoms with Crippen molar-refractivity contribution >= 4 is 11.9 Å². The molecule has 0 bridgehead atoms. The number of carbonyl (C=O) groups excluding carboxylic acids is 1. The molecule has 0 aliphatic heterocycles. The van der Waals surface area contributed by atoms with E-state index in [1.165, 1.54) is 18.2 Å². The molecule has 16 heavy (non-hydrogen) atoms. The number of rotatable bonds is 7. The Labute approximate surface area is 95.6 Å². The highest BCUT2D eigenvalue weighted by molar-refractivity contribution is 5.83. The quantitative estimate of drug-likeness (QED) is 0.411. The monoisotopic (exact) mass is 226 g/mol. The van der Waals surface area contributed by atoms with Crippen LogP contribution >= 0.6 is 0 Å².